The van der Waals surface area contributed by atoms with E-state index < -0.39 is 5.97 Å². The predicted molar refractivity (Wildman–Crippen MR) is 92.6 cm³/mol. The largest absolute Gasteiger partial charge is 0.484 e. The van der Waals surface area contributed by atoms with E-state index in [1.807, 2.05) is 13.0 Å². The second-order valence-electron chi connectivity index (χ2n) is 6.11. The van der Waals surface area contributed by atoms with Crippen molar-refractivity contribution in [3.63, 3.8) is 0 Å². The fourth-order valence-electron chi connectivity index (χ4n) is 2.75. The summed E-state index contributed by atoms with van der Waals surface area (Å²) in [6.07, 6.45) is 2.04. The molecular formula is C18H24N2O5. The van der Waals surface area contributed by atoms with Gasteiger partial charge in [0.15, 0.2) is 6.61 Å². The average molecular weight is 348 g/mol. The van der Waals surface area contributed by atoms with Crippen molar-refractivity contribution >= 4 is 23.5 Å². The summed E-state index contributed by atoms with van der Waals surface area (Å²) in [5, 5.41) is 8.97. The fraction of sp³-hybridized carbons (Fsp3) is 0.500. The van der Waals surface area contributed by atoms with Gasteiger partial charge < -0.3 is 19.6 Å². The Morgan fingerprint density at radius 2 is 2.16 bits per heavy atom. The van der Waals surface area contributed by atoms with Crippen molar-refractivity contribution in [2.24, 2.45) is 0 Å². The van der Waals surface area contributed by atoms with Crippen LogP contribution in [0.5, 0.6) is 5.75 Å². The number of amides is 2. The number of benzene rings is 1. The minimum Gasteiger partial charge on any atom is -0.484 e. The highest BCUT2D eigenvalue weighted by molar-refractivity contribution is 5.95. The minimum atomic E-state index is -1.05. The predicted octanol–water partition coefficient (Wildman–Crippen LogP) is 1.90. The molecule has 25 heavy (non-hydrogen) atoms. The number of carbonyl (C=O) groups excluding carboxylic acids is 2. The third-order valence-corrected chi connectivity index (χ3v) is 4.31. The number of carboxylic acids is 1. The van der Waals surface area contributed by atoms with Crippen molar-refractivity contribution in [2.75, 3.05) is 24.6 Å². The van der Waals surface area contributed by atoms with Gasteiger partial charge in [-0.1, -0.05) is 13.0 Å². The molecule has 1 saturated heterocycles. The molecule has 0 aliphatic carbocycles. The van der Waals surface area contributed by atoms with E-state index in [0.717, 1.165) is 12.1 Å². The first-order valence-corrected chi connectivity index (χ1v) is 8.46. The van der Waals surface area contributed by atoms with Crippen LogP contribution in [-0.2, 0) is 14.4 Å². The Bertz CT molecular complexity index is 646. The zero-order valence-electron chi connectivity index (χ0n) is 14.6. The Hall–Kier alpha value is -2.57. The molecule has 1 heterocycles. The van der Waals surface area contributed by atoms with Crippen LogP contribution in [0.1, 0.15) is 33.1 Å². The van der Waals surface area contributed by atoms with Gasteiger partial charge >= 0.3 is 5.97 Å². The third kappa shape index (κ3) is 4.95. The summed E-state index contributed by atoms with van der Waals surface area (Å²) in [6, 6.07) is 6.85. The molecule has 1 atom stereocenters. The molecule has 0 radical (unpaired) electrons. The van der Waals surface area contributed by atoms with E-state index in [-0.39, 0.29) is 31.0 Å². The Morgan fingerprint density at radius 3 is 2.76 bits per heavy atom. The molecule has 0 spiro atoms. The number of ether oxygens (including phenoxy) is 1. The molecule has 1 N–H and O–H groups in total. The summed E-state index contributed by atoms with van der Waals surface area (Å²) >= 11 is 0. The Labute approximate surface area is 147 Å². The lowest BCUT2D eigenvalue weighted by atomic mass is 10.2. The second kappa shape index (κ2) is 8.50. The van der Waals surface area contributed by atoms with Crippen molar-refractivity contribution < 1.29 is 24.2 Å². The first kappa shape index (κ1) is 18.8. The molecular weight excluding hydrogens is 324 g/mol. The number of hydrogen-bond donors (Lipinski definition) is 1. The molecule has 2 rings (SSSR count). The highest BCUT2D eigenvalue weighted by Gasteiger charge is 2.23. The number of nitrogens with zero attached hydrogens (tertiary/aromatic N) is 2. The standard InChI is InChI=1S/C18H24N2O5/c1-3-13(2)20(11-18(23)24)17(22)12-25-15-7-4-6-14(10-15)19-9-5-8-16(19)21/h4,6-7,10,13H,3,5,8-9,11-12H2,1-2H3,(H,23,24). The van der Waals surface area contributed by atoms with Gasteiger partial charge in [0.25, 0.3) is 5.91 Å². The number of rotatable bonds is 8. The molecule has 1 aromatic rings. The third-order valence-electron chi connectivity index (χ3n) is 4.31. The van der Waals surface area contributed by atoms with Crippen molar-refractivity contribution in [3.8, 4) is 5.75 Å². The quantitative estimate of drug-likeness (QED) is 0.775. The highest BCUT2D eigenvalue weighted by atomic mass is 16.5. The normalized spacial score (nSPS) is 15.1. The van der Waals surface area contributed by atoms with Crippen LogP contribution in [0.4, 0.5) is 5.69 Å². The zero-order chi connectivity index (χ0) is 18.4. The zero-order valence-corrected chi connectivity index (χ0v) is 14.6. The van der Waals surface area contributed by atoms with Crippen LogP contribution in [0, 0.1) is 0 Å². The topological polar surface area (TPSA) is 87.2 Å². The highest BCUT2D eigenvalue weighted by Crippen LogP contribution is 2.25. The van der Waals surface area contributed by atoms with Gasteiger partial charge in [0.1, 0.15) is 12.3 Å². The van der Waals surface area contributed by atoms with E-state index in [1.54, 1.807) is 30.0 Å². The number of carboxylic acid groups (broad SMARTS) is 1. The van der Waals surface area contributed by atoms with Crippen LogP contribution < -0.4 is 9.64 Å². The number of hydrogen-bond acceptors (Lipinski definition) is 4. The molecule has 1 aliphatic heterocycles. The number of aliphatic carboxylic acids is 1. The Balaban J connectivity index is 2.00. The van der Waals surface area contributed by atoms with Gasteiger partial charge in [-0.2, -0.15) is 0 Å². The molecule has 136 valence electrons. The van der Waals surface area contributed by atoms with Gasteiger partial charge in [0, 0.05) is 30.8 Å². The number of carbonyl (C=O) groups is 3. The van der Waals surface area contributed by atoms with Gasteiger partial charge in [0.2, 0.25) is 5.91 Å². The monoisotopic (exact) mass is 348 g/mol. The van der Waals surface area contributed by atoms with Gasteiger partial charge in [-0.05, 0) is 31.9 Å². The first-order valence-electron chi connectivity index (χ1n) is 8.46. The second-order valence-corrected chi connectivity index (χ2v) is 6.11. The molecule has 2 amide bonds. The SMILES string of the molecule is CCC(C)N(CC(=O)O)C(=O)COc1cccc(N2CCCC2=O)c1. The fourth-order valence-corrected chi connectivity index (χ4v) is 2.75. The number of anilines is 1. The molecule has 1 aliphatic rings. The van der Waals surface area contributed by atoms with E-state index in [9.17, 15) is 14.4 Å². The molecule has 1 unspecified atom stereocenters. The van der Waals surface area contributed by atoms with E-state index in [4.69, 9.17) is 9.84 Å². The van der Waals surface area contributed by atoms with Crippen LogP contribution in [0.25, 0.3) is 0 Å². The molecule has 1 aromatic carbocycles. The summed E-state index contributed by atoms with van der Waals surface area (Å²) < 4.78 is 5.54. The maximum atomic E-state index is 12.3. The average Bonchev–Trinajstić information content (AvgIpc) is 3.03. The Morgan fingerprint density at radius 1 is 1.40 bits per heavy atom. The van der Waals surface area contributed by atoms with Gasteiger partial charge in [0.05, 0.1) is 0 Å². The molecule has 7 nitrogen and oxygen atoms in total. The molecule has 0 saturated carbocycles. The lowest BCUT2D eigenvalue weighted by Gasteiger charge is -2.27. The maximum Gasteiger partial charge on any atom is 0.323 e. The van der Waals surface area contributed by atoms with Crippen LogP contribution in [0.3, 0.4) is 0 Å². The minimum absolute atomic E-state index is 0.0811. The molecule has 7 heteroatoms. The van der Waals surface area contributed by atoms with Gasteiger partial charge in [-0.15, -0.1) is 0 Å². The summed E-state index contributed by atoms with van der Waals surface area (Å²) in [6.45, 7) is 3.79. The van der Waals surface area contributed by atoms with E-state index >= 15 is 0 Å². The van der Waals surface area contributed by atoms with Crippen LogP contribution in [0.2, 0.25) is 0 Å². The summed E-state index contributed by atoms with van der Waals surface area (Å²) in [7, 11) is 0. The van der Waals surface area contributed by atoms with Crippen molar-refractivity contribution in [1.82, 2.24) is 4.90 Å². The van der Waals surface area contributed by atoms with Gasteiger partial charge in [-0.3, -0.25) is 14.4 Å². The van der Waals surface area contributed by atoms with Crippen LogP contribution >= 0.6 is 0 Å². The lowest BCUT2D eigenvalue weighted by Crippen LogP contribution is -2.44. The lowest BCUT2D eigenvalue weighted by molar-refractivity contribution is -0.147. The molecule has 1 fully saturated rings. The molecule has 0 aromatic heterocycles. The summed E-state index contributed by atoms with van der Waals surface area (Å²) in [5.74, 6) is -0.870. The van der Waals surface area contributed by atoms with Gasteiger partial charge in [-0.25, -0.2) is 0 Å². The Kier molecular flexibility index (Phi) is 6.38. The van der Waals surface area contributed by atoms with Crippen molar-refractivity contribution in [3.05, 3.63) is 24.3 Å². The summed E-state index contributed by atoms with van der Waals surface area (Å²) in [4.78, 5) is 38.1. The van der Waals surface area contributed by atoms with Crippen LogP contribution in [0.15, 0.2) is 24.3 Å². The van der Waals surface area contributed by atoms with Crippen molar-refractivity contribution in [1.29, 1.82) is 0 Å². The van der Waals surface area contributed by atoms with E-state index in [0.29, 0.717) is 25.1 Å². The van der Waals surface area contributed by atoms with E-state index in [1.165, 1.54) is 4.90 Å². The molecule has 0 bridgehead atoms. The smallest absolute Gasteiger partial charge is 0.323 e. The first-order chi connectivity index (χ1) is 11.9. The maximum absolute atomic E-state index is 12.3. The van der Waals surface area contributed by atoms with Crippen molar-refractivity contribution in [2.45, 2.75) is 39.2 Å². The van der Waals surface area contributed by atoms with Crippen LogP contribution in [-0.4, -0.2) is 53.5 Å². The van der Waals surface area contributed by atoms with E-state index in [2.05, 4.69) is 0 Å². The summed E-state index contributed by atoms with van der Waals surface area (Å²) in [5.41, 5.74) is 0.747.